The summed E-state index contributed by atoms with van der Waals surface area (Å²) in [5.41, 5.74) is 0. The van der Waals surface area contributed by atoms with E-state index in [9.17, 15) is 4.79 Å². The van der Waals surface area contributed by atoms with Crippen LogP contribution in [0, 0.1) is 0 Å². The van der Waals surface area contributed by atoms with Gasteiger partial charge in [-0.2, -0.15) is 0 Å². The molecule has 0 aromatic carbocycles. The molecule has 0 aliphatic carbocycles. The number of unbranched alkanes of at least 4 members (excludes halogenated alkanes) is 35. The van der Waals surface area contributed by atoms with Crippen molar-refractivity contribution >= 4 is 5.97 Å². The second-order valence-corrected chi connectivity index (χ2v) is 15.1. The molecule has 0 aromatic heterocycles. The van der Waals surface area contributed by atoms with Crippen LogP contribution >= 0.6 is 0 Å². The first-order valence-corrected chi connectivity index (χ1v) is 22.2. The highest BCUT2D eigenvalue weighted by Gasteiger charge is 2.03. The van der Waals surface area contributed by atoms with Gasteiger partial charge in [-0.3, -0.25) is 4.79 Å². The minimum absolute atomic E-state index is 0.0218. The normalized spacial score (nSPS) is 11.6. The van der Waals surface area contributed by atoms with Crippen LogP contribution in [0.4, 0.5) is 0 Å². The van der Waals surface area contributed by atoms with Crippen LogP contribution in [0.5, 0.6) is 0 Å². The monoisotopic (exact) mass is 677 g/mol. The van der Waals surface area contributed by atoms with Crippen LogP contribution in [0.25, 0.3) is 0 Å². The van der Waals surface area contributed by atoms with Gasteiger partial charge in [0.05, 0.1) is 6.61 Å². The Labute approximate surface area is 302 Å². The van der Waals surface area contributed by atoms with E-state index in [1.54, 1.807) is 0 Å². The predicted octanol–water partition coefficient (Wildman–Crippen LogP) is 15.3. The van der Waals surface area contributed by atoms with Crippen molar-refractivity contribution in [2.75, 3.05) is 13.2 Å². The first-order valence-electron chi connectivity index (χ1n) is 22.2. The molecule has 0 atom stereocenters. The lowest BCUT2D eigenvalue weighted by Crippen LogP contribution is -2.05. The maximum absolute atomic E-state index is 12.0. The van der Waals surface area contributed by atoms with E-state index < -0.39 is 0 Å². The van der Waals surface area contributed by atoms with Gasteiger partial charge in [0.1, 0.15) is 0 Å². The minimum atomic E-state index is 0.0218. The van der Waals surface area contributed by atoms with Gasteiger partial charge in [-0.1, -0.05) is 218 Å². The number of allylic oxidation sites excluding steroid dienone is 2. The van der Waals surface area contributed by atoms with Gasteiger partial charge in [0, 0.05) is 13.0 Å². The van der Waals surface area contributed by atoms with Gasteiger partial charge < -0.3 is 9.84 Å². The van der Waals surface area contributed by atoms with Gasteiger partial charge >= 0.3 is 5.97 Å². The van der Waals surface area contributed by atoms with Crippen molar-refractivity contribution in [3.63, 3.8) is 0 Å². The molecule has 0 aliphatic rings. The molecule has 0 spiro atoms. The molecule has 0 radical (unpaired) electrons. The van der Waals surface area contributed by atoms with Crippen molar-refractivity contribution < 1.29 is 14.6 Å². The lowest BCUT2D eigenvalue weighted by Gasteiger charge is -2.06. The molecule has 3 heteroatoms. The summed E-state index contributed by atoms with van der Waals surface area (Å²) in [6.07, 6.45) is 56.1. The summed E-state index contributed by atoms with van der Waals surface area (Å²) in [5.74, 6) is 0.0218. The van der Waals surface area contributed by atoms with E-state index >= 15 is 0 Å². The molecule has 0 fully saturated rings. The van der Waals surface area contributed by atoms with Crippen molar-refractivity contribution in [3.05, 3.63) is 12.2 Å². The third kappa shape index (κ3) is 43.2. The van der Waals surface area contributed by atoms with E-state index in [1.165, 1.54) is 225 Å². The molecule has 0 aromatic rings. The first kappa shape index (κ1) is 47.2. The summed E-state index contributed by atoms with van der Waals surface area (Å²) in [5, 5.41) is 8.80. The predicted molar refractivity (Wildman–Crippen MR) is 213 cm³/mol. The van der Waals surface area contributed by atoms with E-state index in [-0.39, 0.29) is 5.97 Å². The molecule has 0 unspecified atom stereocenters. The Bertz CT molecular complexity index is 615. The Morgan fingerprint density at radius 1 is 0.396 bits per heavy atom. The van der Waals surface area contributed by atoms with Crippen molar-refractivity contribution in [3.8, 4) is 0 Å². The molecule has 0 heterocycles. The van der Waals surface area contributed by atoms with Crippen molar-refractivity contribution in [2.24, 2.45) is 0 Å². The first-order chi connectivity index (χ1) is 23.8. The summed E-state index contributed by atoms with van der Waals surface area (Å²) >= 11 is 0. The van der Waals surface area contributed by atoms with Crippen molar-refractivity contribution in [1.82, 2.24) is 0 Å². The number of esters is 1. The number of carbonyl (C=O) groups excluding carboxylic acids is 1. The Hall–Kier alpha value is -0.830. The van der Waals surface area contributed by atoms with Gasteiger partial charge in [-0.05, 0) is 44.9 Å². The third-order valence-electron chi connectivity index (χ3n) is 10.2. The third-order valence-corrected chi connectivity index (χ3v) is 10.2. The zero-order chi connectivity index (χ0) is 34.7. The maximum atomic E-state index is 12.0. The smallest absolute Gasteiger partial charge is 0.305 e. The molecule has 1 N–H and O–H groups in total. The minimum Gasteiger partial charge on any atom is -0.466 e. The lowest BCUT2D eigenvalue weighted by atomic mass is 10.0. The van der Waals surface area contributed by atoms with Crippen molar-refractivity contribution in [1.29, 1.82) is 0 Å². The van der Waals surface area contributed by atoms with Crippen LogP contribution in [0.1, 0.15) is 257 Å². The Balaban J connectivity index is 3.16. The average molecular weight is 677 g/mol. The molecular formula is C45H88O3. The molecule has 0 rings (SSSR count). The highest BCUT2D eigenvalue weighted by Crippen LogP contribution is 2.16. The van der Waals surface area contributed by atoms with Crippen molar-refractivity contribution in [2.45, 2.75) is 257 Å². The highest BCUT2D eigenvalue weighted by atomic mass is 16.5. The number of hydrogen-bond donors (Lipinski definition) is 1. The summed E-state index contributed by atoms with van der Waals surface area (Å²) in [6, 6.07) is 0. The highest BCUT2D eigenvalue weighted by molar-refractivity contribution is 5.69. The molecular weight excluding hydrogens is 588 g/mol. The van der Waals surface area contributed by atoms with E-state index in [2.05, 4.69) is 19.1 Å². The van der Waals surface area contributed by atoms with Crippen LogP contribution < -0.4 is 0 Å². The lowest BCUT2D eigenvalue weighted by molar-refractivity contribution is -0.143. The summed E-state index contributed by atoms with van der Waals surface area (Å²) in [4.78, 5) is 12.0. The Morgan fingerprint density at radius 3 is 1.04 bits per heavy atom. The zero-order valence-electron chi connectivity index (χ0n) is 32.9. The SMILES string of the molecule is CCCCCCC=CCCCCCCCCCCCC(=O)OCCCCCCCCCCCCCCCCCCCCCCCCCO. The molecule has 0 bridgehead atoms. The van der Waals surface area contributed by atoms with E-state index in [1.807, 2.05) is 0 Å². The maximum Gasteiger partial charge on any atom is 0.305 e. The van der Waals surface area contributed by atoms with Crippen LogP contribution in [-0.4, -0.2) is 24.3 Å². The standard InChI is InChI=1S/C45H88O3/c1-2-3-4-5-6-7-8-9-10-18-21-24-27-30-33-36-39-42-45(47)48-44-41-38-35-32-29-26-23-20-17-15-13-11-12-14-16-19-22-25-28-31-34-37-40-43-46/h7-8,46H,2-6,9-44H2,1H3. The molecule has 0 amide bonds. The van der Waals surface area contributed by atoms with Gasteiger partial charge in [0.15, 0.2) is 0 Å². The van der Waals surface area contributed by atoms with Gasteiger partial charge in [-0.25, -0.2) is 0 Å². The van der Waals surface area contributed by atoms with Crippen LogP contribution in [0.2, 0.25) is 0 Å². The van der Waals surface area contributed by atoms with Crippen LogP contribution in [-0.2, 0) is 9.53 Å². The van der Waals surface area contributed by atoms with E-state index in [0.717, 1.165) is 19.3 Å². The molecule has 286 valence electrons. The fourth-order valence-electron chi connectivity index (χ4n) is 6.88. The number of carbonyl (C=O) groups is 1. The van der Waals surface area contributed by atoms with Crippen LogP contribution in [0.3, 0.4) is 0 Å². The topological polar surface area (TPSA) is 46.5 Å². The number of aliphatic hydroxyl groups excluding tert-OH is 1. The van der Waals surface area contributed by atoms with E-state index in [0.29, 0.717) is 19.6 Å². The largest absolute Gasteiger partial charge is 0.466 e. The molecule has 48 heavy (non-hydrogen) atoms. The summed E-state index contributed by atoms with van der Waals surface area (Å²) in [6.45, 7) is 3.27. The zero-order valence-corrected chi connectivity index (χ0v) is 32.9. The van der Waals surface area contributed by atoms with E-state index in [4.69, 9.17) is 9.84 Å². The summed E-state index contributed by atoms with van der Waals surface area (Å²) < 4.78 is 5.47. The summed E-state index contributed by atoms with van der Waals surface area (Å²) in [7, 11) is 0. The Kier molecular flexibility index (Phi) is 43.4. The molecule has 0 saturated carbocycles. The molecule has 0 aliphatic heterocycles. The fraction of sp³-hybridized carbons (Fsp3) is 0.933. The number of rotatable bonds is 42. The second kappa shape index (κ2) is 44.2. The quantitative estimate of drug-likeness (QED) is 0.0398. The number of hydrogen-bond acceptors (Lipinski definition) is 3. The second-order valence-electron chi connectivity index (χ2n) is 15.1. The number of ether oxygens (including phenoxy) is 1. The Morgan fingerprint density at radius 2 is 0.688 bits per heavy atom. The molecule has 3 nitrogen and oxygen atoms in total. The van der Waals surface area contributed by atoms with Gasteiger partial charge in [-0.15, -0.1) is 0 Å². The number of aliphatic hydroxyl groups is 1. The molecule has 0 saturated heterocycles. The fourth-order valence-corrected chi connectivity index (χ4v) is 6.88. The van der Waals surface area contributed by atoms with Gasteiger partial charge in [0.2, 0.25) is 0 Å². The average Bonchev–Trinajstić information content (AvgIpc) is 3.09. The van der Waals surface area contributed by atoms with Gasteiger partial charge in [0.25, 0.3) is 0 Å². The van der Waals surface area contributed by atoms with Crippen LogP contribution in [0.15, 0.2) is 12.2 Å².